The molecular formula is C11H11ClN4O. The first-order valence-corrected chi connectivity index (χ1v) is 5.38. The number of nitrogens with one attached hydrogen (secondary N) is 2. The predicted molar refractivity (Wildman–Crippen MR) is 67.5 cm³/mol. The molecule has 0 fully saturated rings. The minimum atomic E-state index is -0.363. The van der Waals surface area contributed by atoms with E-state index in [2.05, 4.69) is 16.0 Å². The van der Waals surface area contributed by atoms with Gasteiger partial charge in [-0.05, 0) is 12.1 Å². The monoisotopic (exact) mass is 250 g/mol. The van der Waals surface area contributed by atoms with E-state index in [0.717, 1.165) is 0 Å². The smallest absolute Gasteiger partial charge is 0.292 e. The lowest BCUT2D eigenvalue weighted by Gasteiger charge is -2.08. The zero-order valence-electron chi connectivity index (χ0n) is 9.14. The lowest BCUT2D eigenvalue weighted by atomic mass is 10.3. The number of hydrazine groups is 1. The van der Waals surface area contributed by atoms with E-state index in [0.29, 0.717) is 11.4 Å². The van der Waals surface area contributed by atoms with E-state index in [1.165, 1.54) is 10.9 Å². The van der Waals surface area contributed by atoms with Crippen LogP contribution in [0.5, 0.6) is 0 Å². The predicted octanol–water partition coefficient (Wildman–Crippen LogP) is 1.43. The number of nitrogens with zero attached hydrogens (tertiary/aromatic N) is 2. The van der Waals surface area contributed by atoms with Crippen LogP contribution in [0.3, 0.4) is 0 Å². The third-order valence-electron chi connectivity index (χ3n) is 2.18. The molecule has 6 heteroatoms. The molecule has 2 N–H and O–H groups in total. The molecule has 0 saturated heterocycles. The summed E-state index contributed by atoms with van der Waals surface area (Å²) in [7, 11) is 1.68. The fourth-order valence-corrected chi connectivity index (χ4v) is 1.58. The highest BCUT2D eigenvalue weighted by Crippen LogP contribution is 2.15. The van der Waals surface area contributed by atoms with Crippen molar-refractivity contribution in [3.05, 3.63) is 51.9 Å². The molecule has 0 unspecified atom stereocenters. The highest BCUT2D eigenvalue weighted by molar-refractivity contribution is 6.32. The van der Waals surface area contributed by atoms with Gasteiger partial charge in [0, 0.05) is 7.05 Å². The number of hydrogen-bond donors (Lipinski definition) is 2. The molecule has 0 saturated carbocycles. The minimum absolute atomic E-state index is 0.0956. The largest absolute Gasteiger partial charge is 0.319 e. The van der Waals surface area contributed by atoms with Crippen molar-refractivity contribution in [3.63, 3.8) is 0 Å². The first-order chi connectivity index (χ1) is 8.24. The summed E-state index contributed by atoms with van der Waals surface area (Å²) in [4.78, 5) is 12.0. The van der Waals surface area contributed by atoms with Crippen molar-refractivity contribution < 1.29 is 0 Å². The van der Waals surface area contributed by atoms with Gasteiger partial charge >= 0.3 is 0 Å². The fraction of sp³-hybridized carbons (Fsp3) is 0.0909. The first kappa shape index (κ1) is 11.6. The summed E-state index contributed by atoms with van der Waals surface area (Å²) in [5.41, 5.74) is 6.19. The number of benzene rings is 1. The maximum Gasteiger partial charge on any atom is 0.292 e. The SMILES string of the molecule is CNNc1cnn(-c2ccccc2)c(=O)c1Cl. The van der Waals surface area contributed by atoms with Crippen molar-refractivity contribution in [2.75, 3.05) is 12.5 Å². The van der Waals surface area contributed by atoms with Gasteiger partial charge in [0.1, 0.15) is 5.02 Å². The van der Waals surface area contributed by atoms with Gasteiger partial charge in [0.05, 0.1) is 17.6 Å². The van der Waals surface area contributed by atoms with Crippen LogP contribution in [0, 0.1) is 0 Å². The van der Waals surface area contributed by atoms with Gasteiger partial charge in [-0.2, -0.15) is 9.78 Å². The van der Waals surface area contributed by atoms with Gasteiger partial charge in [-0.15, -0.1) is 0 Å². The number of para-hydroxylation sites is 1. The van der Waals surface area contributed by atoms with Crippen LogP contribution in [0.1, 0.15) is 0 Å². The van der Waals surface area contributed by atoms with Crippen LogP contribution < -0.4 is 16.4 Å². The van der Waals surface area contributed by atoms with Gasteiger partial charge < -0.3 is 5.43 Å². The molecule has 88 valence electrons. The van der Waals surface area contributed by atoms with Crippen LogP contribution in [0.4, 0.5) is 5.69 Å². The second-order valence-electron chi connectivity index (χ2n) is 3.30. The Morgan fingerprint density at radius 3 is 2.65 bits per heavy atom. The van der Waals surface area contributed by atoms with Gasteiger partial charge in [0.25, 0.3) is 5.56 Å². The zero-order chi connectivity index (χ0) is 12.3. The Balaban J connectivity index is 2.52. The molecule has 5 nitrogen and oxygen atoms in total. The molecule has 2 aromatic rings. The molecule has 0 aliphatic carbocycles. The van der Waals surface area contributed by atoms with Crippen LogP contribution in [-0.4, -0.2) is 16.8 Å². The molecular weight excluding hydrogens is 240 g/mol. The van der Waals surface area contributed by atoms with Crippen LogP contribution in [-0.2, 0) is 0 Å². The van der Waals surface area contributed by atoms with Crippen molar-refractivity contribution in [1.82, 2.24) is 15.2 Å². The second-order valence-corrected chi connectivity index (χ2v) is 3.68. The average molecular weight is 251 g/mol. The summed E-state index contributed by atoms with van der Waals surface area (Å²) in [6, 6.07) is 9.10. The van der Waals surface area contributed by atoms with Crippen LogP contribution in [0.25, 0.3) is 5.69 Å². The Labute approximate surface area is 103 Å². The highest BCUT2D eigenvalue weighted by atomic mass is 35.5. The Kier molecular flexibility index (Phi) is 3.41. The third-order valence-corrected chi connectivity index (χ3v) is 2.54. The number of hydrogen-bond acceptors (Lipinski definition) is 4. The topological polar surface area (TPSA) is 59.0 Å². The molecule has 0 atom stereocenters. The van der Waals surface area contributed by atoms with Gasteiger partial charge in [0.15, 0.2) is 0 Å². The summed E-state index contributed by atoms with van der Waals surface area (Å²) in [5.74, 6) is 0. The summed E-state index contributed by atoms with van der Waals surface area (Å²) >= 11 is 5.95. The number of aromatic nitrogens is 2. The fourth-order valence-electron chi connectivity index (χ4n) is 1.41. The molecule has 0 spiro atoms. The van der Waals surface area contributed by atoms with E-state index in [9.17, 15) is 4.79 Å². The molecule has 0 aliphatic rings. The molecule has 2 rings (SSSR count). The summed E-state index contributed by atoms with van der Waals surface area (Å²) in [5, 5.41) is 4.14. The van der Waals surface area contributed by atoms with E-state index in [-0.39, 0.29) is 10.6 Å². The maximum absolute atomic E-state index is 12.0. The van der Waals surface area contributed by atoms with Crippen molar-refractivity contribution in [2.24, 2.45) is 0 Å². The third kappa shape index (κ3) is 2.30. The van der Waals surface area contributed by atoms with E-state index in [1.807, 2.05) is 18.2 Å². The maximum atomic E-state index is 12.0. The van der Waals surface area contributed by atoms with Crippen LogP contribution in [0.2, 0.25) is 5.02 Å². The van der Waals surface area contributed by atoms with Gasteiger partial charge in [-0.3, -0.25) is 4.79 Å². The lowest BCUT2D eigenvalue weighted by Crippen LogP contribution is -2.25. The Bertz CT molecular complexity index is 567. The van der Waals surface area contributed by atoms with Gasteiger partial charge in [0.2, 0.25) is 0 Å². The van der Waals surface area contributed by atoms with Crippen molar-refractivity contribution >= 4 is 17.3 Å². The van der Waals surface area contributed by atoms with Crippen molar-refractivity contribution in [2.45, 2.75) is 0 Å². The van der Waals surface area contributed by atoms with E-state index >= 15 is 0 Å². The van der Waals surface area contributed by atoms with Crippen molar-refractivity contribution in [3.8, 4) is 5.69 Å². The average Bonchev–Trinajstić information content (AvgIpc) is 2.36. The Morgan fingerprint density at radius 2 is 2.00 bits per heavy atom. The second kappa shape index (κ2) is 4.99. The Morgan fingerprint density at radius 1 is 1.29 bits per heavy atom. The molecule has 1 aromatic carbocycles. The van der Waals surface area contributed by atoms with Crippen LogP contribution >= 0.6 is 11.6 Å². The van der Waals surface area contributed by atoms with E-state index in [4.69, 9.17) is 11.6 Å². The molecule has 17 heavy (non-hydrogen) atoms. The lowest BCUT2D eigenvalue weighted by molar-refractivity contribution is 0.804. The Hall–Kier alpha value is -1.85. The normalized spacial score (nSPS) is 10.2. The zero-order valence-corrected chi connectivity index (χ0v) is 9.90. The van der Waals surface area contributed by atoms with Crippen molar-refractivity contribution in [1.29, 1.82) is 0 Å². The molecule has 1 heterocycles. The summed E-state index contributed by atoms with van der Waals surface area (Å²) in [6.45, 7) is 0. The molecule has 1 aromatic heterocycles. The molecule has 0 bridgehead atoms. The highest BCUT2D eigenvalue weighted by Gasteiger charge is 2.09. The molecule has 0 radical (unpaired) electrons. The molecule has 0 aliphatic heterocycles. The number of anilines is 1. The van der Waals surface area contributed by atoms with E-state index in [1.54, 1.807) is 19.2 Å². The minimum Gasteiger partial charge on any atom is -0.319 e. The van der Waals surface area contributed by atoms with Crippen LogP contribution in [0.15, 0.2) is 41.3 Å². The first-order valence-electron chi connectivity index (χ1n) is 5.00. The van der Waals surface area contributed by atoms with E-state index < -0.39 is 0 Å². The summed E-state index contributed by atoms with van der Waals surface area (Å²) < 4.78 is 1.25. The standard InChI is InChI=1S/C11H11ClN4O/c1-13-15-9-7-14-16(11(17)10(9)12)8-5-3-2-4-6-8/h2-7,13,15H,1H3. The quantitative estimate of drug-likeness (QED) is 0.810. The number of rotatable bonds is 3. The van der Waals surface area contributed by atoms with Gasteiger partial charge in [-0.1, -0.05) is 29.8 Å². The summed E-state index contributed by atoms with van der Waals surface area (Å²) in [6.07, 6.45) is 1.49. The van der Waals surface area contributed by atoms with Gasteiger partial charge in [-0.25, -0.2) is 5.43 Å². The number of halogens is 1. The molecule has 0 amide bonds.